The van der Waals surface area contributed by atoms with Gasteiger partial charge >= 0.3 is 11.9 Å². The molecule has 0 atom stereocenters. The van der Waals surface area contributed by atoms with Crippen LogP contribution in [0.15, 0.2) is 25.3 Å². The topological polar surface area (TPSA) is 52.6 Å². The average molecular weight is 288 g/mol. The van der Waals surface area contributed by atoms with Gasteiger partial charge in [-0.05, 0) is 5.92 Å². The van der Waals surface area contributed by atoms with Gasteiger partial charge in [-0.25, -0.2) is 9.59 Å². The van der Waals surface area contributed by atoms with E-state index in [4.69, 9.17) is 9.47 Å². The molecule has 1 aliphatic heterocycles. The van der Waals surface area contributed by atoms with Crippen molar-refractivity contribution in [1.29, 1.82) is 0 Å². The van der Waals surface area contributed by atoms with Gasteiger partial charge in [0.1, 0.15) is 0 Å². The molecule has 0 bridgehead atoms. The monoisotopic (exact) mass is 288 g/mol. The van der Waals surface area contributed by atoms with E-state index in [2.05, 4.69) is 13.2 Å². The minimum Gasteiger partial charge on any atom is -0.462 e. The van der Waals surface area contributed by atoms with Crippen molar-refractivity contribution < 1.29 is 19.1 Å². The maximum atomic E-state index is 11.1. The van der Waals surface area contributed by atoms with Gasteiger partial charge in [0, 0.05) is 29.6 Å². The van der Waals surface area contributed by atoms with Crippen LogP contribution >= 0.6 is 21.6 Å². The van der Waals surface area contributed by atoms with Crippen molar-refractivity contribution in [2.75, 3.05) is 24.7 Å². The normalized spacial score (nSPS) is 15.4. The summed E-state index contributed by atoms with van der Waals surface area (Å²) in [5.41, 5.74) is 0. The molecule has 0 N–H and O–H groups in total. The molecule has 0 aromatic carbocycles. The molecule has 0 unspecified atom stereocenters. The average Bonchev–Trinajstić information content (AvgIpc) is 2.91. The third-order valence-corrected chi connectivity index (χ3v) is 5.14. The molecule has 0 aliphatic carbocycles. The van der Waals surface area contributed by atoms with Gasteiger partial charge in [-0.1, -0.05) is 34.7 Å². The van der Waals surface area contributed by atoms with Crippen molar-refractivity contribution in [3.8, 4) is 0 Å². The number of carbonyl (C=O) groups excluding carboxylic acids is 2. The molecule has 6 heteroatoms. The number of rotatable bonds is 7. The predicted octanol–water partition coefficient (Wildman–Crippen LogP) is 2.07. The van der Waals surface area contributed by atoms with E-state index in [1.54, 1.807) is 21.6 Å². The number of esters is 2. The summed E-state index contributed by atoms with van der Waals surface area (Å²) in [6.45, 7) is 7.19. The SMILES string of the molecule is C=CC(=O)OCC(COC(=O)C=C)C1CSSC1. The maximum Gasteiger partial charge on any atom is 0.330 e. The van der Waals surface area contributed by atoms with E-state index in [0.29, 0.717) is 5.92 Å². The molecule has 1 saturated heterocycles. The van der Waals surface area contributed by atoms with Crippen LogP contribution < -0.4 is 0 Å². The van der Waals surface area contributed by atoms with Gasteiger partial charge < -0.3 is 9.47 Å². The Kier molecular flexibility index (Phi) is 6.97. The second kappa shape index (κ2) is 8.26. The van der Waals surface area contributed by atoms with Crippen LogP contribution in [0.2, 0.25) is 0 Å². The fourth-order valence-corrected chi connectivity index (χ4v) is 4.51. The van der Waals surface area contributed by atoms with Gasteiger partial charge in [0.15, 0.2) is 0 Å². The van der Waals surface area contributed by atoms with E-state index < -0.39 is 11.9 Å². The Morgan fingerprint density at radius 1 is 1.11 bits per heavy atom. The summed E-state index contributed by atoms with van der Waals surface area (Å²) in [5, 5.41) is 0. The molecule has 0 spiro atoms. The fraction of sp³-hybridized carbons (Fsp3) is 0.500. The quantitative estimate of drug-likeness (QED) is 0.406. The highest BCUT2D eigenvalue weighted by atomic mass is 33.1. The zero-order valence-electron chi connectivity index (χ0n) is 10.0. The first kappa shape index (κ1) is 15.2. The van der Waals surface area contributed by atoms with E-state index in [9.17, 15) is 9.59 Å². The van der Waals surface area contributed by atoms with Crippen molar-refractivity contribution in [2.45, 2.75) is 0 Å². The van der Waals surface area contributed by atoms with Gasteiger partial charge in [-0.15, -0.1) is 0 Å². The van der Waals surface area contributed by atoms with Gasteiger partial charge in [0.25, 0.3) is 0 Å². The molecule has 1 heterocycles. The minimum atomic E-state index is -0.451. The lowest BCUT2D eigenvalue weighted by Gasteiger charge is -2.21. The maximum absolute atomic E-state index is 11.1. The van der Waals surface area contributed by atoms with E-state index in [1.165, 1.54) is 0 Å². The largest absolute Gasteiger partial charge is 0.462 e. The zero-order chi connectivity index (χ0) is 13.4. The molecular weight excluding hydrogens is 272 g/mol. The van der Waals surface area contributed by atoms with E-state index in [1.807, 2.05) is 0 Å². The molecule has 1 fully saturated rings. The summed E-state index contributed by atoms with van der Waals surface area (Å²) in [5.74, 6) is 1.47. The Labute approximate surface area is 115 Å². The van der Waals surface area contributed by atoms with Crippen LogP contribution in [0.3, 0.4) is 0 Å². The smallest absolute Gasteiger partial charge is 0.330 e. The van der Waals surface area contributed by atoms with Crippen LogP contribution in [0.1, 0.15) is 0 Å². The lowest BCUT2D eigenvalue weighted by Crippen LogP contribution is -2.28. The lowest BCUT2D eigenvalue weighted by atomic mass is 9.97. The molecular formula is C12H16O4S2. The molecule has 4 nitrogen and oxygen atoms in total. The van der Waals surface area contributed by atoms with Gasteiger partial charge in [0.05, 0.1) is 13.2 Å². The van der Waals surface area contributed by atoms with E-state index >= 15 is 0 Å². The number of ether oxygens (including phenoxy) is 2. The molecule has 18 heavy (non-hydrogen) atoms. The Balaban J connectivity index is 2.45. The van der Waals surface area contributed by atoms with Crippen LogP contribution in [0.4, 0.5) is 0 Å². The van der Waals surface area contributed by atoms with Crippen LogP contribution in [0, 0.1) is 11.8 Å². The van der Waals surface area contributed by atoms with Gasteiger partial charge in [-0.2, -0.15) is 0 Å². The van der Waals surface area contributed by atoms with E-state index in [-0.39, 0.29) is 19.1 Å². The van der Waals surface area contributed by atoms with Crippen LogP contribution in [-0.4, -0.2) is 36.7 Å². The van der Waals surface area contributed by atoms with Crippen LogP contribution in [0.25, 0.3) is 0 Å². The zero-order valence-corrected chi connectivity index (χ0v) is 11.6. The summed E-state index contributed by atoms with van der Waals surface area (Å²) in [6, 6.07) is 0. The number of hydrogen-bond donors (Lipinski definition) is 0. The summed E-state index contributed by atoms with van der Waals surface area (Å²) < 4.78 is 10.1. The molecule has 0 aromatic rings. The Morgan fingerprint density at radius 3 is 1.94 bits per heavy atom. The molecule has 0 amide bonds. The molecule has 1 rings (SSSR count). The third kappa shape index (κ3) is 5.18. The van der Waals surface area contributed by atoms with Crippen molar-refractivity contribution in [3.63, 3.8) is 0 Å². The van der Waals surface area contributed by atoms with Crippen LogP contribution in [-0.2, 0) is 19.1 Å². The van der Waals surface area contributed by atoms with E-state index in [0.717, 1.165) is 23.7 Å². The second-order valence-electron chi connectivity index (χ2n) is 3.76. The molecule has 0 radical (unpaired) electrons. The molecule has 100 valence electrons. The highest BCUT2D eigenvalue weighted by molar-refractivity contribution is 8.77. The Bertz CT molecular complexity index is 300. The highest BCUT2D eigenvalue weighted by Crippen LogP contribution is 2.38. The summed E-state index contributed by atoms with van der Waals surface area (Å²) in [7, 11) is 3.57. The molecule has 0 saturated carbocycles. The predicted molar refractivity (Wildman–Crippen MR) is 74.2 cm³/mol. The van der Waals surface area contributed by atoms with Crippen molar-refractivity contribution >= 4 is 33.5 Å². The van der Waals surface area contributed by atoms with Crippen molar-refractivity contribution in [2.24, 2.45) is 11.8 Å². The lowest BCUT2D eigenvalue weighted by molar-refractivity contribution is -0.143. The summed E-state index contributed by atoms with van der Waals surface area (Å²) in [4.78, 5) is 22.1. The number of hydrogen-bond acceptors (Lipinski definition) is 6. The fourth-order valence-electron chi connectivity index (χ4n) is 1.41. The first-order valence-electron chi connectivity index (χ1n) is 5.50. The first-order chi connectivity index (χ1) is 8.67. The number of carbonyl (C=O) groups is 2. The first-order valence-corrected chi connectivity index (χ1v) is 7.99. The molecule has 1 aliphatic rings. The van der Waals surface area contributed by atoms with Crippen molar-refractivity contribution in [1.82, 2.24) is 0 Å². The standard InChI is InChI=1S/C12H16O4S2/c1-3-11(13)15-5-9(6-16-12(14)4-2)10-7-17-18-8-10/h3-4,9-10H,1-2,5-8H2. The highest BCUT2D eigenvalue weighted by Gasteiger charge is 2.28. The minimum absolute atomic E-state index is 0.0281. The van der Waals surface area contributed by atoms with Crippen molar-refractivity contribution in [3.05, 3.63) is 25.3 Å². The third-order valence-electron chi connectivity index (χ3n) is 2.53. The molecule has 0 aromatic heterocycles. The summed E-state index contributed by atoms with van der Waals surface area (Å²) >= 11 is 0. The van der Waals surface area contributed by atoms with Gasteiger partial charge in [0.2, 0.25) is 0 Å². The van der Waals surface area contributed by atoms with Gasteiger partial charge in [-0.3, -0.25) is 0 Å². The second-order valence-corrected chi connectivity index (χ2v) is 6.31. The Hall–Kier alpha value is -0.880. The van der Waals surface area contributed by atoms with Crippen LogP contribution in [0.5, 0.6) is 0 Å². The Morgan fingerprint density at radius 2 is 1.56 bits per heavy atom. The summed E-state index contributed by atoms with van der Waals surface area (Å²) in [6.07, 6.45) is 2.26.